The van der Waals surface area contributed by atoms with Gasteiger partial charge in [-0.25, -0.2) is 0 Å². The predicted molar refractivity (Wildman–Crippen MR) is 77.7 cm³/mol. The Morgan fingerprint density at radius 3 is 2.80 bits per heavy atom. The standard InChI is InChI=1S/C14H22N6/c1-4-13-12(9-10(2)18-19-13)14(17-15)6-5-11-7-8-16-20(11)3/h7-9,14,17H,4-6,15H2,1-3H3. The van der Waals surface area contributed by atoms with Crippen molar-refractivity contribution >= 4 is 0 Å². The van der Waals surface area contributed by atoms with Gasteiger partial charge in [0.15, 0.2) is 0 Å². The second kappa shape index (κ2) is 6.58. The first-order chi connectivity index (χ1) is 9.65. The molecule has 0 amide bonds. The minimum absolute atomic E-state index is 0.0778. The van der Waals surface area contributed by atoms with E-state index in [2.05, 4.69) is 33.7 Å². The second-order valence-electron chi connectivity index (χ2n) is 4.95. The van der Waals surface area contributed by atoms with Crippen LogP contribution in [-0.4, -0.2) is 20.0 Å². The van der Waals surface area contributed by atoms with Crippen molar-refractivity contribution in [2.75, 3.05) is 0 Å². The fraction of sp³-hybridized carbons (Fsp3) is 0.500. The van der Waals surface area contributed by atoms with Crippen LogP contribution in [0.5, 0.6) is 0 Å². The van der Waals surface area contributed by atoms with Crippen LogP contribution in [0.25, 0.3) is 0 Å². The summed E-state index contributed by atoms with van der Waals surface area (Å²) < 4.78 is 1.89. The molecule has 1 unspecified atom stereocenters. The van der Waals surface area contributed by atoms with Crippen molar-refractivity contribution in [1.29, 1.82) is 0 Å². The summed E-state index contributed by atoms with van der Waals surface area (Å²) in [6, 6.07) is 4.18. The van der Waals surface area contributed by atoms with Crippen molar-refractivity contribution in [3.63, 3.8) is 0 Å². The lowest BCUT2D eigenvalue weighted by Gasteiger charge is -2.18. The van der Waals surface area contributed by atoms with Gasteiger partial charge in [0, 0.05) is 25.0 Å². The average Bonchev–Trinajstić information content (AvgIpc) is 2.85. The largest absolute Gasteiger partial charge is 0.273 e. The highest BCUT2D eigenvalue weighted by atomic mass is 15.3. The molecular weight excluding hydrogens is 252 g/mol. The summed E-state index contributed by atoms with van der Waals surface area (Å²) in [5.41, 5.74) is 7.16. The van der Waals surface area contributed by atoms with Crippen LogP contribution in [0.3, 0.4) is 0 Å². The van der Waals surface area contributed by atoms with Gasteiger partial charge < -0.3 is 0 Å². The third-order valence-electron chi connectivity index (χ3n) is 3.55. The Labute approximate surface area is 119 Å². The smallest absolute Gasteiger partial charge is 0.0676 e. The van der Waals surface area contributed by atoms with Crippen molar-refractivity contribution in [3.8, 4) is 0 Å². The van der Waals surface area contributed by atoms with Gasteiger partial charge in [0.2, 0.25) is 0 Å². The van der Waals surface area contributed by atoms with Crippen LogP contribution in [0.4, 0.5) is 0 Å². The molecule has 0 aliphatic carbocycles. The molecule has 108 valence electrons. The van der Waals surface area contributed by atoms with Gasteiger partial charge in [-0.2, -0.15) is 15.3 Å². The molecule has 2 heterocycles. The maximum absolute atomic E-state index is 5.74. The summed E-state index contributed by atoms with van der Waals surface area (Å²) in [4.78, 5) is 0. The molecule has 0 radical (unpaired) electrons. The highest BCUT2D eigenvalue weighted by Gasteiger charge is 2.16. The van der Waals surface area contributed by atoms with Gasteiger partial charge in [-0.1, -0.05) is 6.92 Å². The summed E-state index contributed by atoms with van der Waals surface area (Å²) >= 11 is 0. The van der Waals surface area contributed by atoms with E-state index in [1.165, 1.54) is 5.69 Å². The number of aryl methyl sites for hydroxylation is 4. The molecule has 2 aromatic rings. The lowest BCUT2D eigenvalue weighted by atomic mass is 9.99. The molecule has 0 fully saturated rings. The minimum Gasteiger partial charge on any atom is -0.273 e. The van der Waals surface area contributed by atoms with Gasteiger partial charge in [-0.15, -0.1) is 0 Å². The maximum Gasteiger partial charge on any atom is 0.0676 e. The normalized spacial score (nSPS) is 12.6. The van der Waals surface area contributed by atoms with Crippen molar-refractivity contribution < 1.29 is 0 Å². The van der Waals surface area contributed by atoms with Crippen LogP contribution in [0, 0.1) is 6.92 Å². The summed E-state index contributed by atoms with van der Waals surface area (Å²) in [5, 5.41) is 12.6. The first-order valence-corrected chi connectivity index (χ1v) is 6.91. The van der Waals surface area contributed by atoms with Gasteiger partial charge in [0.1, 0.15) is 0 Å². The number of rotatable bonds is 6. The Balaban J connectivity index is 2.16. The van der Waals surface area contributed by atoms with Crippen LogP contribution in [0.1, 0.15) is 42.0 Å². The SMILES string of the molecule is CCc1nnc(C)cc1C(CCc1ccnn1C)NN. The fourth-order valence-electron chi connectivity index (χ4n) is 2.38. The first kappa shape index (κ1) is 14.6. The molecule has 6 nitrogen and oxygen atoms in total. The lowest BCUT2D eigenvalue weighted by molar-refractivity contribution is 0.499. The van der Waals surface area contributed by atoms with E-state index in [4.69, 9.17) is 5.84 Å². The number of aromatic nitrogens is 4. The van der Waals surface area contributed by atoms with E-state index < -0.39 is 0 Å². The molecule has 20 heavy (non-hydrogen) atoms. The van der Waals surface area contributed by atoms with E-state index in [0.717, 1.165) is 36.2 Å². The van der Waals surface area contributed by atoms with E-state index in [1.54, 1.807) is 0 Å². The summed E-state index contributed by atoms with van der Waals surface area (Å²) in [6.45, 7) is 4.03. The van der Waals surface area contributed by atoms with E-state index in [9.17, 15) is 0 Å². The fourth-order valence-corrected chi connectivity index (χ4v) is 2.38. The maximum atomic E-state index is 5.74. The van der Waals surface area contributed by atoms with Crippen LogP contribution in [-0.2, 0) is 19.9 Å². The third-order valence-corrected chi connectivity index (χ3v) is 3.55. The second-order valence-corrected chi connectivity index (χ2v) is 4.95. The molecule has 0 aromatic carbocycles. The number of nitrogens with one attached hydrogen (secondary N) is 1. The van der Waals surface area contributed by atoms with Crippen LogP contribution in [0.15, 0.2) is 18.3 Å². The third kappa shape index (κ3) is 3.20. The van der Waals surface area contributed by atoms with Crippen molar-refractivity contribution in [2.45, 2.75) is 39.2 Å². The zero-order chi connectivity index (χ0) is 14.5. The Hall–Kier alpha value is -1.79. The number of nitrogens with zero attached hydrogens (tertiary/aromatic N) is 4. The summed E-state index contributed by atoms with van der Waals surface area (Å²) in [7, 11) is 1.95. The zero-order valence-electron chi connectivity index (χ0n) is 12.3. The summed E-state index contributed by atoms with van der Waals surface area (Å²) in [5.74, 6) is 5.74. The number of hydrogen-bond donors (Lipinski definition) is 2. The molecule has 0 spiro atoms. The molecule has 1 atom stereocenters. The van der Waals surface area contributed by atoms with Gasteiger partial charge >= 0.3 is 0 Å². The molecule has 2 rings (SSSR count). The predicted octanol–water partition coefficient (Wildman–Crippen LogP) is 1.22. The number of hydrazine groups is 1. The highest BCUT2D eigenvalue weighted by Crippen LogP contribution is 2.21. The Bertz CT molecular complexity index is 563. The molecule has 3 N–H and O–H groups in total. The van der Waals surface area contributed by atoms with Crippen LogP contribution < -0.4 is 11.3 Å². The lowest BCUT2D eigenvalue weighted by Crippen LogP contribution is -2.30. The van der Waals surface area contributed by atoms with E-state index in [1.807, 2.05) is 30.9 Å². The van der Waals surface area contributed by atoms with E-state index >= 15 is 0 Å². The molecule has 0 saturated heterocycles. The first-order valence-electron chi connectivity index (χ1n) is 6.91. The van der Waals surface area contributed by atoms with Gasteiger partial charge in [-0.3, -0.25) is 16.0 Å². The zero-order valence-corrected chi connectivity index (χ0v) is 12.3. The molecule has 2 aromatic heterocycles. The minimum atomic E-state index is 0.0778. The summed E-state index contributed by atoms with van der Waals surface area (Å²) in [6.07, 6.45) is 4.48. The molecule has 6 heteroatoms. The van der Waals surface area contributed by atoms with Crippen molar-refractivity contribution in [3.05, 3.63) is 41.0 Å². The highest BCUT2D eigenvalue weighted by molar-refractivity contribution is 5.25. The molecule has 0 saturated carbocycles. The topological polar surface area (TPSA) is 81.7 Å². The molecular formula is C14H22N6. The molecule has 0 aliphatic rings. The Kier molecular flexibility index (Phi) is 4.81. The van der Waals surface area contributed by atoms with Crippen molar-refractivity contribution in [1.82, 2.24) is 25.4 Å². The quantitative estimate of drug-likeness (QED) is 0.611. The number of hydrogen-bond acceptors (Lipinski definition) is 5. The molecule has 0 bridgehead atoms. The molecule has 0 aliphatic heterocycles. The monoisotopic (exact) mass is 274 g/mol. The van der Waals surface area contributed by atoms with Crippen LogP contribution >= 0.6 is 0 Å². The van der Waals surface area contributed by atoms with Gasteiger partial charge in [0.05, 0.1) is 11.4 Å². The van der Waals surface area contributed by atoms with Gasteiger partial charge in [-0.05, 0) is 43.9 Å². The van der Waals surface area contributed by atoms with Crippen LogP contribution in [0.2, 0.25) is 0 Å². The van der Waals surface area contributed by atoms with E-state index in [0.29, 0.717) is 0 Å². The van der Waals surface area contributed by atoms with Gasteiger partial charge in [0.25, 0.3) is 0 Å². The Morgan fingerprint density at radius 2 is 2.20 bits per heavy atom. The van der Waals surface area contributed by atoms with E-state index in [-0.39, 0.29) is 6.04 Å². The Morgan fingerprint density at radius 1 is 1.40 bits per heavy atom. The number of nitrogens with two attached hydrogens (primary N) is 1. The average molecular weight is 274 g/mol. The van der Waals surface area contributed by atoms with Crippen molar-refractivity contribution in [2.24, 2.45) is 12.9 Å².